The van der Waals surface area contributed by atoms with E-state index in [9.17, 15) is 22.8 Å². The first-order valence-corrected chi connectivity index (χ1v) is 8.70. The molecule has 5 nitrogen and oxygen atoms in total. The van der Waals surface area contributed by atoms with Crippen molar-refractivity contribution in [2.75, 3.05) is 32.7 Å². The number of nitrogens with zero attached hydrogens (tertiary/aromatic N) is 2. The van der Waals surface area contributed by atoms with Gasteiger partial charge in [-0.1, -0.05) is 13.5 Å². The second kappa shape index (κ2) is 9.24. The first kappa shape index (κ1) is 23.0. The first-order valence-electron chi connectivity index (χ1n) is 8.70. The molecular weight excluding hydrogens is 361 g/mol. The lowest BCUT2D eigenvalue weighted by Crippen LogP contribution is -2.48. The van der Waals surface area contributed by atoms with Gasteiger partial charge in [-0.25, -0.2) is 0 Å². The fourth-order valence-electron chi connectivity index (χ4n) is 2.59. The Labute approximate surface area is 158 Å². The van der Waals surface area contributed by atoms with Crippen LogP contribution in [-0.2, 0) is 14.3 Å². The van der Waals surface area contributed by atoms with Gasteiger partial charge in [-0.05, 0) is 26.8 Å². The highest BCUT2D eigenvalue weighted by atomic mass is 19.4. The first-order chi connectivity index (χ1) is 12.4. The lowest BCUT2D eigenvalue weighted by Gasteiger charge is -2.37. The van der Waals surface area contributed by atoms with Crippen molar-refractivity contribution in [2.45, 2.75) is 39.5 Å². The van der Waals surface area contributed by atoms with Crippen LogP contribution in [0, 0.1) is 5.92 Å². The normalized spacial score (nSPS) is 17.9. The topological polar surface area (TPSA) is 49.9 Å². The molecule has 0 aromatic heterocycles. The third-order valence-electron chi connectivity index (χ3n) is 3.99. The molecule has 0 amide bonds. The van der Waals surface area contributed by atoms with Crippen LogP contribution in [0.5, 0.6) is 0 Å². The van der Waals surface area contributed by atoms with Crippen LogP contribution in [0.2, 0.25) is 0 Å². The molecule has 1 heterocycles. The summed E-state index contributed by atoms with van der Waals surface area (Å²) in [5, 5.41) is 0. The van der Waals surface area contributed by atoms with Crippen molar-refractivity contribution < 1.29 is 27.5 Å². The van der Waals surface area contributed by atoms with E-state index in [1.165, 1.54) is 0 Å². The molecule has 1 rings (SSSR count). The van der Waals surface area contributed by atoms with Gasteiger partial charge in [0.05, 0.1) is 23.7 Å². The third-order valence-corrected chi connectivity index (χ3v) is 3.99. The molecular formula is C19H27F3N2O3. The lowest BCUT2D eigenvalue weighted by atomic mass is 10.0. The number of piperazine rings is 1. The molecule has 0 bridgehead atoms. The largest absolute Gasteiger partial charge is 0.459 e. The lowest BCUT2D eigenvalue weighted by molar-refractivity contribution is -0.157. The molecule has 0 aromatic rings. The molecule has 0 aromatic carbocycles. The van der Waals surface area contributed by atoms with Crippen molar-refractivity contribution in [3.63, 3.8) is 0 Å². The van der Waals surface area contributed by atoms with Crippen molar-refractivity contribution in [1.29, 1.82) is 0 Å². The fraction of sp³-hybridized carbons (Fsp3) is 0.632. The van der Waals surface area contributed by atoms with Gasteiger partial charge in [0, 0.05) is 26.2 Å². The number of esters is 1. The van der Waals surface area contributed by atoms with Gasteiger partial charge in [0.2, 0.25) is 0 Å². The number of allylic oxidation sites excluding steroid dienone is 2. The van der Waals surface area contributed by atoms with Gasteiger partial charge in [0.15, 0.2) is 6.29 Å². The molecule has 1 atom stereocenters. The summed E-state index contributed by atoms with van der Waals surface area (Å²) in [4.78, 5) is 26.7. The van der Waals surface area contributed by atoms with Crippen molar-refractivity contribution in [2.24, 2.45) is 5.92 Å². The van der Waals surface area contributed by atoms with Gasteiger partial charge in [-0.15, -0.1) is 5.73 Å². The van der Waals surface area contributed by atoms with Crippen molar-refractivity contribution in [1.82, 2.24) is 9.80 Å². The maximum Gasteiger partial charge on any atom is 0.394 e. The highest BCUT2D eigenvalue weighted by molar-refractivity contribution is 5.79. The van der Waals surface area contributed by atoms with Gasteiger partial charge in [0.25, 0.3) is 0 Å². The Balaban J connectivity index is 2.83. The van der Waals surface area contributed by atoms with Crippen molar-refractivity contribution in [3.05, 3.63) is 29.7 Å². The SMILES string of the molecule is C=C=C(C=O)/C(=C\C(C)C(F)(F)F)N1CCN(CC(=O)OC(C)(C)C)CC1. The second-order valence-corrected chi connectivity index (χ2v) is 7.44. The van der Waals surface area contributed by atoms with Gasteiger partial charge in [-0.2, -0.15) is 13.2 Å². The number of carbonyl (C=O) groups excluding carboxylic acids is 2. The van der Waals surface area contributed by atoms with E-state index in [4.69, 9.17) is 4.74 Å². The molecule has 1 aliphatic rings. The zero-order chi connectivity index (χ0) is 20.8. The minimum absolute atomic E-state index is 0.00769. The number of carbonyl (C=O) groups is 2. The summed E-state index contributed by atoms with van der Waals surface area (Å²) < 4.78 is 44.1. The van der Waals surface area contributed by atoms with E-state index in [1.54, 1.807) is 25.7 Å². The van der Waals surface area contributed by atoms with Gasteiger partial charge < -0.3 is 9.64 Å². The van der Waals surface area contributed by atoms with Gasteiger partial charge >= 0.3 is 12.1 Å². The van der Waals surface area contributed by atoms with Crippen LogP contribution in [0.4, 0.5) is 13.2 Å². The molecule has 1 aliphatic heterocycles. The molecule has 0 N–H and O–H groups in total. The molecule has 1 fully saturated rings. The maximum absolute atomic E-state index is 12.9. The molecule has 0 radical (unpaired) electrons. The van der Waals surface area contributed by atoms with E-state index >= 15 is 0 Å². The summed E-state index contributed by atoms with van der Waals surface area (Å²) in [6.45, 7) is 11.5. The standard InChI is InChI=1S/C19H27F3N2O3/c1-6-15(13-25)16(11-14(2)19(20,21)22)24-9-7-23(8-10-24)12-17(26)27-18(3,4)5/h11,13-14H,1,7-10,12H2,2-5H3/b16-11+. The summed E-state index contributed by atoms with van der Waals surface area (Å²) >= 11 is 0. The molecule has 0 saturated carbocycles. The Morgan fingerprint density at radius 2 is 1.78 bits per heavy atom. The molecule has 8 heteroatoms. The maximum atomic E-state index is 12.9. The van der Waals surface area contributed by atoms with Gasteiger partial charge in [-0.3, -0.25) is 14.5 Å². The minimum Gasteiger partial charge on any atom is -0.459 e. The Kier molecular flexibility index (Phi) is 7.87. The van der Waals surface area contributed by atoms with Crippen LogP contribution in [0.15, 0.2) is 29.7 Å². The zero-order valence-electron chi connectivity index (χ0n) is 16.2. The van der Waals surface area contributed by atoms with Crippen LogP contribution in [-0.4, -0.2) is 66.6 Å². The average Bonchev–Trinajstić information content (AvgIpc) is 2.53. The van der Waals surface area contributed by atoms with Crippen LogP contribution in [0.3, 0.4) is 0 Å². The summed E-state index contributed by atoms with van der Waals surface area (Å²) in [6.07, 6.45) is -2.93. The summed E-state index contributed by atoms with van der Waals surface area (Å²) in [6, 6.07) is 0. The molecule has 0 spiro atoms. The van der Waals surface area contributed by atoms with E-state index in [1.807, 2.05) is 4.90 Å². The van der Waals surface area contributed by atoms with Crippen LogP contribution in [0.25, 0.3) is 0 Å². The van der Waals surface area contributed by atoms with Crippen LogP contribution in [0.1, 0.15) is 27.7 Å². The average molecular weight is 388 g/mol. The van der Waals surface area contributed by atoms with Crippen LogP contribution >= 0.6 is 0 Å². The number of aldehydes is 1. The van der Waals surface area contributed by atoms with E-state index in [-0.39, 0.29) is 23.8 Å². The van der Waals surface area contributed by atoms with Crippen molar-refractivity contribution in [3.8, 4) is 0 Å². The Bertz CT molecular complexity index is 621. The number of hydrogen-bond acceptors (Lipinski definition) is 5. The zero-order valence-corrected chi connectivity index (χ0v) is 16.2. The highest BCUT2D eigenvalue weighted by Crippen LogP contribution is 2.29. The predicted molar refractivity (Wildman–Crippen MR) is 95.9 cm³/mol. The van der Waals surface area contributed by atoms with E-state index in [0.29, 0.717) is 32.5 Å². The number of ether oxygens (including phenoxy) is 1. The quantitative estimate of drug-likeness (QED) is 0.230. The summed E-state index contributed by atoms with van der Waals surface area (Å²) in [5.41, 5.74) is 2.00. The minimum atomic E-state index is -4.40. The molecule has 1 saturated heterocycles. The Morgan fingerprint density at radius 1 is 1.22 bits per heavy atom. The van der Waals surface area contributed by atoms with Gasteiger partial charge in [0.1, 0.15) is 5.60 Å². The molecule has 27 heavy (non-hydrogen) atoms. The Hall–Kier alpha value is -2.05. The number of hydrogen-bond donors (Lipinski definition) is 0. The van der Waals surface area contributed by atoms with E-state index in [0.717, 1.165) is 13.0 Å². The molecule has 152 valence electrons. The van der Waals surface area contributed by atoms with Crippen molar-refractivity contribution >= 4 is 12.3 Å². The predicted octanol–water partition coefficient (Wildman–Crippen LogP) is 2.94. The van der Waals surface area contributed by atoms with Crippen LogP contribution < -0.4 is 0 Å². The number of rotatable bonds is 6. The summed E-state index contributed by atoms with van der Waals surface area (Å²) in [5.74, 6) is -2.06. The smallest absolute Gasteiger partial charge is 0.394 e. The van der Waals surface area contributed by atoms with E-state index < -0.39 is 17.7 Å². The second-order valence-electron chi connectivity index (χ2n) is 7.44. The highest BCUT2D eigenvalue weighted by Gasteiger charge is 2.35. The number of halogens is 3. The summed E-state index contributed by atoms with van der Waals surface area (Å²) in [7, 11) is 0. The molecule has 1 unspecified atom stereocenters. The van der Waals surface area contributed by atoms with E-state index in [2.05, 4.69) is 12.3 Å². The molecule has 0 aliphatic carbocycles. The monoisotopic (exact) mass is 388 g/mol. The Morgan fingerprint density at radius 3 is 2.19 bits per heavy atom. The fourth-order valence-corrected chi connectivity index (χ4v) is 2.59. The third kappa shape index (κ3) is 7.61. The number of alkyl halides is 3.